The molecule has 1 saturated heterocycles. The lowest BCUT2D eigenvalue weighted by molar-refractivity contribution is 0.179. The SMILES string of the molecule is CC1CCCN(CC2(F)CC2)CC1. The summed E-state index contributed by atoms with van der Waals surface area (Å²) < 4.78 is 13.5. The molecular formula is C11H20FN. The van der Waals surface area contributed by atoms with Crippen LogP contribution in [0.3, 0.4) is 0 Å². The fraction of sp³-hybridized carbons (Fsp3) is 1.00. The summed E-state index contributed by atoms with van der Waals surface area (Å²) in [7, 11) is 0. The molecule has 13 heavy (non-hydrogen) atoms. The van der Waals surface area contributed by atoms with E-state index in [9.17, 15) is 4.39 Å². The molecule has 0 N–H and O–H groups in total. The fourth-order valence-corrected chi connectivity index (χ4v) is 2.18. The van der Waals surface area contributed by atoms with Crippen LogP contribution in [-0.4, -0.2) is 30.2 Å². The van der Waals surface area contributed by atoms with E-state index in [2.05, 4.69) is 11.8 Å². The van der Waals surface area contributed by atoms with Crippen molar-refractivity contribution in [2.75, 3.05) is 19.6 Å². The van der Waals surface area contributed by atoms with Gasteiger partial charge in [-0.2, -0.15) is 0 Å². The van der Waals surface area contributed by atoms with Crippen LogP contribution < -0.4 is 0 Å². The number of likely N-dealkylation sites (tertiary alicyclic amines) is 1. The standard InChI is InChI=1S/C11H20FN/c1-10-3-2-7-13(8-4-10)9-11(12)5-6-11/h10H,2-9H2,1H3. The fourth-order valence-electron chi connectivity index (χ4n) is 2.18. The third-order valence-corrected chi connectivity index (χ3v) is 3.41. The summed E-state index contributed by atoms with van der Waals surface area (Å²) in [6.45, 7) is 5.26. The second kappa shape index (κ2) is 3.56. The van der Waals surface area contributed by atoms with Crippen LogP contribution in [0.2, 0.25) is 0 Å². The highest BCUT2D eigenvalue weighted by Crippen LogP contribution is 2.40. The quantitative estimate of drug-likeness (QED) is 0.639. The maximum atomic E-state index is 13.5. The Morgan fingerprint density at radius 3 is 2.77 bits per heavy atom. The number of halogens is 1. The van der Waals surface area contributed by atoms with Gasteiger partial charge in [-0.1, -0.05) is 6.92 Å². The molecule has 1 unspecified atom stereocenters. The Bertz CT molecular complexity index is 177. The molecule has 1 saturated carbocycles. The van der Waals surface area contributed by atoms with E-state index in [0.29, 0.717) is 6.54 Å². The zero-order chi connectivity index (χ0) is 9.31. The molecular weight excluding hydrogens is 165 g/mol. The van der Waals surface area contributed by atoms with Gasteiger partial charge in [0.2, 0.25) is 0 Å². The molecule has 2 fully saturated rings. The van der Waals surface area contributed by atoms with E-state index in [0.717, 1.165) is 31.8 Å². The van der Waals surface area contributed by atoms with Gasteiger partial charge in [-0.15, -0.1) is 0 Å². The molecule has 1 nitrogen and oxygen atoms in total. The lowest BCUT2D eigenvalue weighted by Gasteiger charge is -2.21. The van der Waals surface area contributed by atoms with Gasteiger partial charge in [-0.25, -0.2) is 4.39 Å². The van der Waals surface area contributed by atoms with Crippen molar-refractivity contribution in [3.05, 3.63) is 0 Å². The number of nitrogens with zero attached hydrogens (tertiary/aromatic N) is 1. The first-order valence-corrected chi connectivity index (χ1v) is 5.59. The first-order valence-electron chi connectivity index (χ1n) is 5.59. The summed E-state index contributed by atoms with van der Waals surface area (Å²) in [4.78, 5) is 2.33. The molecule has 0 bridgehead atoms. The maximum absolute atomic E-state index is 13.5. The third-order valence-electron chi connectivity index (χ3n) is 3.41. The number of rotatable bonds is 2. The Morgan fingerprint density at radius 1 is 1.31 bits per heavy atom. The van der Waals surface area contributed by atoms with Crippen molar-refractivity contribution in [2.45, 2.75) is 44.7 Å². The van der Waals surface area contributed by atoms with Crippen LogP contribution in [0, 0.1) is 5.92 Å². The molecule has 0 radical (unpaired) electrons. The van der Waals surface area contributed by atoms with Crippen molar-refractivity contribution in [3.8, 4) is 0 Å². The molecule has 2 heteroatoms. The zero-order valence-electron chi connectivity index (χ0n) is 8.56. The van der Waals surface area contributed by atoms with Crippen LogP contribution in [0.1, 0.15) is 39.0 Å². The van der Waals surface area contributed by atoms with E-state index < -0.39 is 5.67 Å². The molecule has 1 aliphatic heterocycles. The first-order chi connectivity index (χ1) is 6.18. The minimum atomic E-state index is -0.784. The lowest BCUT2D eigenvalue weighted by atomic mass is 10.0. The Kier molecular flexibility index (Phi) is 2.59. The van der Waals surface area contributed by atoms with Crippen molar-refractivity contribution in [2.24, 2.45) is 5.92 Å². The Balaban J connectivity index is 1.78. The maximum Gasteiger partial charge on any atom is 0.123 e. The van der Waals surface area contributed by atoms with Crippen molar-refractivity contribution >= 4 is 0 Å². The number of hydrogen-bond donors (Lipinski definition) is 0. The van der Waals surface area contributed by atoms with Gasteiger partial charge in [-0.3, -0.25) is 0 Å². The molecule has 0 aromatic carbocycles. The van der Waals surface area contributed by atoms with Crippen molar-refractivity contribution in [3.63, 3.8) is 0 Å². The number of hydrogen-bond acceptors (Lipinski definition) is 1. The highest BCUT2D eigenvalue weighted by molar-refractivity contribution is 4.96. The Labute approximate surface area is 80.3 Å². The first kappa shape index (κ1) is 9.45. The Hall–Kier alpha value is -0.110. The minimum Gasteiger partial charge on any atom is -0.300 e. The Morgan fingerprint density at radius 2 is 2.08 bits per heavy atom. The predicted molar refractivity (Wildman–Crippen MR) is 52.5 cm³/mol. The summed E-state index contributed by atoms with van der Waals surface area (Å²) in [5.41, 5.74) is -0.784. The lowest BCUT2D eigenvalue weighted by Crippen LogP contribution is -2.32. The third kappa shape index (κ3) is 2.67. The predicted octanol–water partition coefficient (Wildman–Crippen LogP) is 2.61. The van der Waals surface area contributed by atoms with Gasteiger partial charge in [0, 0.05) is 6.54 Å². The van der Waals surface area contributed by atoms with E-state index in [1.807, 2.05) is 0 Å². The normalized spacial score (nSPS) is 34.2. The van der Waals surface area contributed by atoms with Crippen LogP contribution in [0.4, 0.5) is 4.39 Å². The summed E-state index contributed by atoms with van der Waals surface area (Å²) in [6.07, 6.45) is 5.46. The summed E-state index contributed by atoms with van der Waals surface area (Å²) in [5.74, 6) is 0.847. The highest BCUT2D eigenvalue weighted by atomic mass is 19.1. The van der Waals surface area contributed by atoms with Crippen LogP contribution >= 0.6 is 0 Å². The van der Waals surface area contributed by atoms with Gasteiger partial charge in [0.05, 0.1) is 0 Å². The van der Waals surface area contributed by atoms with E-state index in [1.165, 1.54) is 19.3 Å². The smallest absolute Gasteiger partial charge is 0.123 e. The summed E-state index contributed by atoms with van der Waals surface area (Å²) in [6, 6.07) is 0. The minimum absolute atomic E-state index is 0.708. The second-order valence-electron chi connectivity index (χ2n) is 4.96. The molecule has 0 spiro atoms. The van der Waals surface area contributed by atoms with E-state index in [1.54, 1.807) is 0 Å². The van der Waals surface area contributed by atoms with E-state index in [-0.39, 0.29) is 0 Å². The molecule has 1 atom stereocenters. The molecule has 0 aromatic rings. The van der Waals surface area contributed by atoms with E-state index >= 15 is 0 Å². The van der Waals surface area contributed by atoms with E-state index in [4.69, 9.17) is 0 Å². The molecule has 0 aromatic heterocycles. The monoisotopic (exact) mass is 185 g/mol. The van der Waals surface area contributed by atoms with Crippen molar-refractivity contribution in [1.82, 2.24) is 4.90 Å². The average molecular weight is 185 g/mol. The molecule has 2 aliphatic rings. The number of alkyl halides is 1. The van der Waals surface area contributed by atoms with Gasteiger partial charge >= 0.3 is 0 Å². The topological polar surface area (TPSA) is 3.24 Å². The molecule has 0 amide bonds. The van der Waals surface area contributed by atoms with Crippen molar-refractivity contribution < 1.29 is 4.39 Å². The summed E-state index contributed by atoms with van der Waals surface area (Å²) >= 11 is 0. The zero-order valence-corrected chi connectivity index (χ0v) is 8.56. The molecule has 2 rings (SSSR count). The second-order valence-corrected chi connectivity index (χ2v) is 4.96. The highest BCUT2D eigenvalue weighted by Gasteiger charge is 2.44. The van der Waals surface area contributed by atoms with Gasteiger partial charge in [0.15, 0.2) is 0 Å². The van der Waals surface area contributed by atoms with Gasteiger partial charge in [0.1, 0.15) is 5.67 Å². The van der Waals surface area contributed by atoms with Gasteiger partial charge < -0.3 is 4.90 Å². The van der Waals surface area contributed by atoms with Gasteiger partial charge in [-0.05, 0) is 51.1 Å². The molecule has 76 valence electrons. The molecule has 1 aliphatic carbocycles. The van der Waals surface area contributed by atoms with Gasteiger partial charge in [0.25, 0.3) is 0 Å². The van der Waals surface area contributed by atoms with Crippen LogP contribution in [0.15, 0.2) is 0 Å². The largest absolute Gasteiger partial charge is 0.300 e. The van der Waals surface area contributed by atoms with Crippen LogP contribution in [0.25, 0.3) is 0 Å². The molecule has 1 heterocycles. The average Bonchev–Trinajstić information content (AvgIpc) is 2.81. The van der Waals surface area contributed by atoms with Crippen molar-refractivity contribution in [1.29, 1.82) is 0 Å². The summed E-state index contributed by atoms with van der Waals surface area (Å²) in [5, 5.41) is 0. The van der Waals surface area contributed by atoms with Crippen LogP contribution in [-0.2, 0) is 0 Å². The van der Waals surface area contributed by atoms with Crippen LogP contribution in [0.5, 0.6) is 0 Å².